The first-order valence-corrected chi connectivity index (χ1v) is 7.03. The molecule has 0 saturated carbocycles. The van der Waals surface area contributed by atoms with Crippen LogP contribution in [0.15, 0.2) is 0 Å². The minimum atomic E-state index is 0.569. The molecule has 1 aromatic heterocycles. The Labute approximate surface area is 111 Å². The van der Waals surface area contributed by atoms with Crippen molar-refractivity contribution in [3.63, 3.8) is 0 Å². The van der Waals surface area contributed by atoms with E-state index in [4.69, 9.17) is 0 Å². The molecule has 0 aliphatic heterocycles. The molecule has 0 radical (unpaired) electrons. The van der Waals surface area contributed by atoms with E-state index in [1.54, 1.807) is 0 Å². The van der Waals surface area contributed by atoms with Crippen LogP contribution in [0.1, 0.15) is 37.7 Å². The molecule has 0 spiro atoms. The summed E-state index contributed by atoms with van der Waals surface area (Å²) in [6.45, 7) is 14.8. The van der Waals surface area contributed by atoms with Gasteiger partial charge in [-0.2, -0.15) is 5.10 Å². The van der Waals surface area contributed by atoms with Gasteiger partial charge in [0, 0.05) is 31.4 Å². The van der Waals surface area contributed by atoms with Crippen LogP contribution in [0.25, 0.3) is 0 Å². The fraction of sp³-hybridized carbons (Fsp3) is 0.786. The van der Waals surface area contributed by atoms with Crippen molar-refractivity contribution >= 4 is 0 Å². The van der Waals surface area contributed by atoms with Crippen molar-refractivity contribution in [1.82, 2.24) is 20.4 Å². The highest BCUT2D eigenvalue weighted by Crippen LogP contribution is 2.12. The Morgan fingerprint density at radius 3 is 2.44 bits per heavy atom. The summed E-state index contributed by atoms with van der Waals surface area (Å²) in [6, 6.07) is 0.569. The molecule has 4 heteroatoms. The predicted molar refractivity (Wildman–Crippen MR) is 77.1 cm³/mol. The van der Waals surface area contributed by atoms with E-state index in [9.17, 15) is 0 Å². The molecule has 0 amide bonds. The highest BCUT2D eigenvalue weighted by atomic mass is 15.3. The summed E-state index contributed by atoms with van der Waals surface area (Å²) in [5.41, 5.74) is 3.90. The topological polar surface area (TPSA) is 41.9 Å². The van der Waals surface area contributed by atoms with Gasteiger partial charge in [0.1, 0.15) is 0 Å². The predicted octanol–water partition coefficient (Wildman–Crippen LogP) is 1.65. The molecule has 0 aliphatic rings. The number of hydrogen-bond donors (Lipinski definition) is 2. The highest BCUT2D eigenvalue weighted by molar-refractivity contribution is 5.24. The lowest BCUT2D eigenvalue weighted by Crippen LogP contribution is -2.32. The molecular formula is C14H28N4. The summed E-state index contributed by atoms with van der Waals surface area (Å²) < 4.78 is 2.09. The van der Waals surface area contributed by atoms with Gasteiger partial charge in [0.2, 0.25) is 0 Å². The molecule has 1 rings (SSSR count). The van der Waals surface area contributed by atoms with Crippen LogP contribution in [0.3, 0.4) is 0 Å². The molecule has 0 bridgehead atoms. The van der Waals surface area contributed by atoms with E-state index in [0.717, 1.165) is 32.6 Å². The van der Waals surface area contributed by atoms with E-state index in [1.807, 2.05) is 0 Å². The zero-order chi connectivity index (χ0) is 13.5. The minimum absolute atomic E-state index is 0.569. The monoisotopic (exact) mass is 252 g/mol. The van der Waals surface area contributed by atoms with Crippen molar-refractivity contribution in [3.05, 3.63) is 17.0 Å². The molecular weight excluding hydrogens is 224 g/mol. The van der Waals surface area contributed by atoms with E-state index in [-0.39, 0.29) is 0 Å². The second-order valence-corrected chi connectivity index (χ2v) is 5.07. The van der Waals surface area contributed by atoms with Gasteiger partial charge in [0.25, 0.3) is 0 Å². The zero-order valence-electron chi connectivity index (χ0n) is 12.5. The molecule has 0 unspecified atom stereocenters. The number of nitrogens with one attached hydrogen (secondary N) is 2. The van der Waals surface area contributed by atoms with Gasteiger partial charge in [-0.15, -0.1) is 0 Å². The number of rotatable bonds is 8. The lowest BCUT2D eigenvalue weighted by molar-refractivity contribution is 0.556. The first kappa shape index (κ1) is 15.2. The van der Waals surface area contributed by atoms with Crippen molar-refractivity contribution in [2.75, 3.05) is 19.6 Å². The molecule has 2 N–H and O–H groups in total. The molecule has 0 atom stereocenters. The van der Waals surface area contributed by atoms with Gasteiger partial charge in [-0.25, -0.2) is 0 Å². The second kappa shape index (κ2) is 7.54. The lowest BCUT2D eigenvalue weighted by Gasteiger charge is -2.09. The first-order valence-electron chi connectivity index (χ1n) is 7.03. The van der Waals surface area contributed by atoms with Gasteiger partial charge < -0.3 is 10.6 Å². The summed E-state index contributed by atoms with van der Waals surface area (Å²) in [7, 11) is 0. The number of aryl methyl sites for hydroxylation is 2. The third kappa shape index (κ3) is 4.42. The Morgan fingerprint density at radius 1 is 1.17 bits per heavy atom. The molecule has 1 aromatic rings. The van der Waals surface area contributed by atoms with Gasteiger partial charge in [-0.3, -0.25) is 4.68 Å². The van der Waals surface area contributed by atoms with Crippen LogP contribution in [0.2, 0.25) is 0 Å². The van der Waals surface area contributed by atoms with Crippen LogP contribution >= 0.6 is 0 Å². The van der Waals surface area contributed by atoms with Crippen LogP contribution in [0.4, 0.5) is 0 Å². The summed E-state index contributed by atoms with van der Waals surface area (Å²) in [4.78, 5) is 0. The number of hydrogen-bond acceptors (Lipinski definition) is 3. The second-order valence-electron chi connectivity index (χ2n) is 5.07. The maximum absolute atomic E-state index is 4.54. The van der Waals surface area contributed by atoms with Gasteiger partial charge in [-0.05, 0) is 39.3 Å². The molecule has 0 saturated heterocycles. The van der Waals surface area contributed by atoms with Crippen molar-refractivity contribution in [3.8, 4) is 0 Å². The van der Waals surface area contributed by atoms with E-state index in [2.05, 4.69) is 55.0 Å². The molecule has 1 heterocycles. The van der Waals surface area contributed by atoms with E-state index in [1.165, 1.54) is 17.0 Å². The third-order valence-electron chi connectivity index (χ3n) is 3.24. The molecule has 0 aromatic carbocycles. The zero-order valence-corrected chi connectivity index (χ0v) is 12.5. The van der Waals surface area contributed by atoms with Gasteiger partial charge in [0.15, 0.2) is 0 Å². The molecule has 104 valence electrons. The van der Waals surface area contributed by atoms with Crippen molar-refractivity contribution in [1.29, 1.82) is 0 Å². The Bertz CT molecular complexity index is 355. The van der Waals surface area contributed by atoms with E-state index in [0.29, 0.717) is 6.04 Å². The fourth-order valence-electron chi connectivity index (χ4n) is 2.19. The average Bonchev–Trinajstić information content (AvgIpc) is 2.59. The standard InChI is InChI=1S/C14H28N4/c1-6-18-13(5)14(12(4)17-18)7-8-15-9-10-16-11(2)3/h11,15-16H,6-10H2,1-5H3. The highest BCUT2D eigenvalue weighted by Gasteiger charge is 2.09. The smallest absolute Gasteiger partial charge is 0.0628 e. The molecule has 0 fully saturated rings. The summed E-state index contributed by atoms with van der Waals surface area (Å²) >= 11 is 0. The van der Waals surface area contributed by atoms with Crippen molar-refractivity contribution in [2.24, 2.45) is 0 Å². The molecule has 18 heavy (non-hydrogen) atoms. The van der Waals surface area contributed by atoms with Gasteiger partial charge in [0.05, 0.1) is 5.69 Å². The quantitative estimate of drug-likeness (QED) is 0.691. The van der Waals surface area contributed by atoms with Crippen LogP contribution in [-0.4, -0.2) is 35.5 Å². The van der Waals surface area contributed by atoms with E-state index < -0.39 is 0 Å². The minimum Gasteiger partial charge on any atom is -0.315 e. The maximum atomic E-state index is 4.54. The largest absolute Gasteiger partial charge is 0.315 e. The van der Waals surface area contributed by atoms with Crippen LogP contribution in [0.5, 0.6) is 0 Å². The summed E-state index contributed by atoms with van der Waals surface area (Å²) in [5.74, 6) is 0. The molecule has 4 nitrogen and oxygen atoms in total. The Balaban J connectivity index is 2.29. The number of nitrogens with zero attached hydrogens (tertiary/aromatic N) is 2. The van der Waals surface area contributed by atoms with Crippen molar-refractivity contribution < 1.29 is 0 Å². The SMILES string of the molecule is CCn1nc(C)c(CCNCCNC(C)C)c1C. The third-order valence-corrected chi connectivity index (χ3v) is 3.24. The first-order chi connectivity index (χ1) is 8.56. The Kier molecular flexibility index (Phi) is 6.36. The normalized spacial score (nSPS) is 11.4. The van der Waals surface area contributed by atoms with Crippen LogP contribution < -0.4 is 10.6 Å². The maximum Gasteiger partial charge on any atom is 0.0628 e. The summed E-state index contributed by atoms with van der Waals surface area (Å²) in [6.07, 6.45) is 1.07. The molecule has 0 aliphatic carbocycles. The lowest BCUT2D eigenvalue weighted by atomic mass is 10.1. The van der Waals surface area contributed by atoms with Crippen LogP contribution in [0, 0.1) is 13.8 Å². The van der Waals surface area contributed by atoms with Crippen molar-refractivity contribution in [2.45, 2.75) is 53.6 Å². The van der Waals surface area contributed by atoms with Gasteiger partial charge in [-0.1, -0.05) is 13.8 Å². The Morgan fingerprint density at radius 2 is 1.89 bits per heavy atom. The van der Waals surface area contributed by atoms with Crippen LogP contribution in [-0.2, 0) is 13.0 Å². The fourth-order valence-corrected chi connectivity index (χ4v) is 2.19. The van der Waals surface area contributed by atoms with E-state index >= 15 is 0 Å². The average molecular weight is 252 g/mol. The summed E-state index contributed by atoms with van der Waals surface area (Å²) in [5, 5.41) is 11.4. The number of aromatic nitrogens is 2. The Hall–Kier alpha value is -0.870. The van der Waals surface area contributed by atoms with Gasteiger partial charge >= 0.3 is 0 Å².